The predicted molar refractivity (Wildman–Crippen MR) is 103 cm³/mol. The standard InChI is InChI=1S/C20H23ClN4O2/c21-17-8-6-15(7-9-17)19-22-18(27-23-19)14-24-10-12-25(13-11-24)20(26)16-4-2-1-3-5-16/h1-2,6-9,16H,3-5,10-14H2. The molecule has 1 saturated heterocycles. The highest BCUT2D eigenvalue weighted by Gasteiger charge is 2.27. The van der Waals surface area contributed by atoms with E-state index >= 15 is 0 Å². The molecule has 1 fully saturated rings. The third kappa shape index (κ3) is 4.39. The number of rotatable bonds is 4. The Morgan fingerprint density at radius 1 is 1.15 bits per heavy atom. The number of halogens is 1. The van der Waals surface area contributed by atoms with Crippen molar-refractivity contribution in [2.24, 2.45) is 5.92 Å². The summed E-state index contributed by atoms with van der Waals surface area (Å²) in [7, 11) is 0. The Bertz CT molecular complexity index is 810. The molecule has 1 aromatic carbocycles. The van der Waals surface area contributed by atoms with Crippen LogP contribution in [0.5, 0.6) is 0 Å². The van der Waals surface area contributed by atoms with Crippen molar-refractivity contribution in [3.8, 4) is 11.4 Å². The summed E-state index contributed by atoms with van der Waals surface area (Å²) >= 11 is 5.91. The lowest BCUT2D eigenvalue weighted by molar-refractivity contribution is -0.137. The predicted octanol–water partition coefficient (Wildman–Crippen LogP) is 3.39. The van der Waals surface area contributed by atoms with Crippen molar-refractivity contribution in [3.05, 3.63) is 47.3 Å². The number of allylic oxidation sites excluding steroid dienone is 2. The molecular weight excluding hydrogens is 364 g/mol. The summed E-state index contributed by atoms with van der Waals surface area (Å²) in [4.78, 5) is 21.4. The molecule has 2 aromatic rings. The molecule has 142 valence electrons. The second-order valence-electron chi connectivity index (χ2n) is 7.10. The summed E-state index contributed by atoms with van der Waals surface area (Å²) in [6.45, 7) is 3.78. The van der Waals surface area contributed by atoms with Crippen LogP contribution in [-0.2, 0) is 11.3 Å². The highest BCUT2D eigenvalue weighted by atomic mass is 35.5. The van der Waals surface area contributed by atoms with E-state index in [1.807, 2.05) is 29.2 Å². The maximum Gasteiger partial charge on any atom is 0.241 e. The van der Waals surface area contributed by atoms with E-state index in [1.54, 1.807) is 0 Å². The molecule has 1 unspecified atom stereocenters. The van der Waals surface area contributed by atoms with Gasteiger partial charge in [0.05, 0.1) is 6.54 Å². The molecule has 1 amide bonds. The molecule has 2 heterocycles. The average molecular weight is 387 g/mol. The summed E-state index contributed by atoms with van der Waals surface area (Å²) < 4.78 is 5.40. The van der Waals surface area contributed by atoms with Gasteiger partial charge in [0.15, 0.2) is 0 Å². The van der Waals surface area contributed by atoms with Gasteiger partial charge in [0.25, 0.3) is 0 Å². The number of nitrogens with zero attached hydrogens (tertiary/aromatic N) is 4. The largest absolute Gasteiger partial charge is 0.340 e. The summed E-state index contributed by atoms with van der Waals surface area (Å²) in [5, 5.41) is 4.74. The number of aromatic nitrogens is 2. The molecule has 7 heteroatoms. The Balaban J connectivity index is 1.30. The number of carbonyl (C=O) groups is 1. The Labute approximate surface area is 163 Å². The van der Waals surface area contributed by atoms with E-state index in [2.05, 4.69) is 27.2 Å². The van der Waals surface area contributed by atoms with Crippen LogP contribution >= 0.6 is 11.6 Å². The number of hydrogen-bond donors (Lipinski definition) is 0. The molecule has 6 nitrogen and oxygen atoms in total. The van der Waals surface area contributed by atoms with Gasteiger partial charge < -0.3 is 9.42 Å². The van der Waals surface area contributed by atoms with E-state index in [-0.39, 0.29) is 5.92 Å². The minimum atomic E-state index is 0.166. The van der Waals surface area contributed by atoms with Crippen LogP contribution in [-0.4, -0.2) is 52.0 Å². The first-order valence-corrected chi connectivity index (χ1v) is 9.81. The molecule has 0 bridgehead atoms. The second-order valence-corrected chi connectivity index (χ2v) is 7.54. The molecule has 2 aliphatic rings. The van der Waals surface area contributed by atoms with Gasteiger partial charge in [-0.15, -0.1) is 0 Å². The maximum absolute atomic E-state index is 12.6. The first-order chi connectivity index (χ1) is 13.2. The summed E-state index contributed by atoms with van der Waals surface area (Å²) in [6, 6.07) is 7.38. The van der Waals surface area contributed by atoms with Crippen molar-refractivity contribution in [1.82, 2.24) is 19.9 Å². The fourth-order valence-electron chi connectivity index (χ4n) is 3.63. The topological polar surface area (TPSA) is 62.5 Å². The monoisotopic (exact) mass is 386 g/mol. The third-order valence-corrected chi connectivity index (χ3v) is 5.48. The van der Waals surface area contributed by atoms with Crippen molar-refractivity contribution >= 4 is 17.5 Å². The maximum atomic E-state index is 12.6. The van der Waals surface area contributed by atoms with Crippen LogP contribution in [0.3, 0.4) is 0 Å². The molecule has 0 radical (unpaired) electrons. The molecule has 1 aromatic heterocycles. The van der Waals surface area contributed by atoms with Crippen LogP contribution in [0, 0.1) is 5.92 Å². The van der Waals surface area contributed by atoms with Crippen molar-refractivity contribution in [3.63, 3.8) is 0 Å². The minimum Gasteiger partial charge on any atom is -0.340 e. The molecule has 1 atom stereocenters. The van der Waals surface area contributed by atoms with Crippen LogP contribution in [0.25, 0.3) is 11.4 Å². The lowest BCUT2D eigenvalue weighted by Crippen LogP contribution is -2.50. The van der Waals surface area contributed by atoms with E-state index in [0.29, 0.717) is 29.2 Å². The zero-order valence-corrected chi connectivity index (χ0v) is 15.9. The number of piperazine rings is 1. The van der Waals surface area contributed by atoms with Crippen LogP contribution in [0.4, 0.5) is 0 Å². The first-order valence-electron chi connectivity index (χ1n) is 9.44. The Morgan fingerprint density at radius 2 is 1.93 bits per heavy atom. The minimum absolute atomic E-state index is 0.166. The Kier molecular flexibility index (Phi) is 5.55. The zero-order chi connectivity index (χ0) is 18.6. The van der Waals surface area contributed by atoms with E-state index < -0.39 is 0 Å². The zero-order valence-electron chi connectivity index (χ0n) is 15.2. The number of carbonyl (C=O) groups excluding carboxylic acids is 1. The van der Waals surface area contributed by atoms with E-state index in [0.717, 1.165) is 51.0 Å². The first kappa shape index (κ1) is 18.2. The Morgan fingerprint density at radius 3 is 2.63 bits per heavy atom. The van der Waals surface area contributed by atoms with E-state index in [4.69, 9.17) is 16.1 Å². The summed E-state index contributed by atoms with van der Waals surface area (Å²) in [5.41, 5.74) is 0.881. The Hall–Kier alpha value is -2.18. The van der Waals surface area contributed by atoms with Crippen molar-refractivity contribution in [2.45, 2.75) is 25.8 Å². The lowest BCUT2D eigenvalue weighted by atomic mass is 9.93. The highest BCUT2D eigenvalue weighted by Crippen LogP contribution is 2.22. The van der Waals surface area contributed by atoms with Crippen LogP contribution in [0.15, 0.2) is 40.9 Å². The molecule has 0 spiro atoms. The molecular formula is C20H23ClN4O2. The van der Waals surface area contributed by atoms with Gasteiger partial charge >= 0.3 is 0 Å². The highest BCUT2D eigenvalue weighted by molar-refractivity contribution is 6.30. The average Bonchev–Trinajstić information content (AvgIpc) is 3.18. The van der Waals surface area contributed by atoms with Crippen molar-refractivity contribution < 1.29 is 9.32 Å². The quantitative estimate of drug-likeness (QED) is 0.754. The number of amides is 1. The normalized spacial score (nSPS) is 20.8. The number of benzene rings is 1. The second kappa shape index (κ2) is 8.23. The van der Waals surface area contributed by atoms with Gasteiger partial charge in [0.2, 0.25) is 17.6 Å². The molecule has 4 rings (SSSR count). The molecule has 1 aliphatic heterocycles. The van der Waals surface area contributed by atoms with Gasteiger partial charge in [0, 0.05) is 42.7 Å². The van der Waals surface area contributed by atoms with Gasteiger partial charge in [-0.25, -0.2) is 0 Å². The fraction of sp³-hybridized carbons (Fsp3) is 0.450. The van der Waals surface area contributed by atoms with Crippen LogP contribution in [0.2, 0.25) is 5.02 Å². The lowest BCUT2D eigenvalue weighted by Gasteiger charge is -2.36. The molecule has 0 N–H and O–H groups in total. The summed E-state index contributed by atoms with van der Waals surface area (Å²) in [6.07, 6.45) is 7.18. The van der Waals surface area contributed by atoms with Crippen LogP contribution in [0.1, 0.15) is 25.2 Å². The molecule has 0 saturated carbocycles. The van der Waals surface area contributed by atoms with Gasteiger partial charge in [-0.1, -0.05) is 28.9 Å². The van der Waals surface area contributed by atoms with Gasteiger partial charge in [-0.2, -0.15) is 4.98 Å². The van der Waals surface area contributed by atoms with Crippen molar-refractivity contribution in [2.75, 3.05) is 26.2 Å². The molecule has 27 heavy (non-hydrogen) atoms. The van der Waals surface area contributed by atoms with Gasteiger partial charge in [-0.3, -0.25) is 9.69 Å². The van der Waals surface area contributed by atoms with E-state index in [1.165, 1.54) is 0 Å². The molecule has 1 aliphatic carbocycles. The third-order valence-electron chi connectivity index (χ3n) is 5.23. The number of hydrogen-bond acceptors (Lipinski definition) is 5. The van der Waals surface area contributed by atoms with Crippen LogP contribution < -0.4 is 0 Å². The smallest absolute Gasteiger partial charge is 0.241 e. The van der Waals surface area contributed by atoms with Gasteiger partial charge in [0.1, 0.15) is 0 Å². The van der Waals surface area contributed by atoms with E-state index in [9.17, 15) is 4.79 Å². The fourth-order valence-corrected chi connectivity index (χ4v) is 3.76. The SMILES string of the molecule is O=C(C1CC=CCC1)N1CCN(Cc2nc(-c3ccc(Cl)cc3)no2)CC1. The van der Waals surface area contributed by atoms with Gasteiger partial charge in [-0.05, 0) is 43.5 Å². The summed E-state index contributed by atoms with van der Waals surface area (Å²) in [5.74, 6) is 1.64. The van der Waals surface area contributed by atoms with Crippen molar-refractivity contribution in [1.29, 1.82) is 0 Å².